The zero-order valence-corrected chi connectivity index (χ0v) is 16.5. The molecule has 2 aromatic heterocycles. The van der Waals surface area contributed by atoms with Gasteiger partial charge in [-0.05, 0) is 49.9 Å². The van der Waals surface area contributed by atoms with E-state index in [1.165, 1.54) is 6.26 Å². The van der Waals surface area contributed by atoms with Crippen LogP contribution in [0.3, 0.4) is 0 Å². The normalized spacial score (nSPS) is 21.7. The molecule has 3 aromatic rings. The third kappa shape index (κ3) is 3.35. The molecule has 2 saturated heterocycles. The Morgan fingerprint density at radius 1 is 1.17 bits per heavy atom. The van der Waals surface area contributed by atoms with Gasteiger partial charge in [0.1, 0.15) is 6.26 Å². The van der Waals surface area contributed by atoms with E-state index < -0.39 is 0 Å². The van der Waals surface area contributed by atoms with Gasteiger partial charge in [-0.15, -0.1) is 0 Å². The maximum absolute atomic E-state index is 12.6. The molecule has 0 bridgehead atoms. The molecule has 1 amide bonds. The monoisotopic (exact) mass is 392 g/mol. The maximum atomic E-state index is 12.6. The molecular formula is C22H24N4O3. The minimum absolute atomic E-state index is 0.0576. The van der Waals surface area contributed by atoms with E-state index in [1.54, 1.807) is 12.3 Å². The van der Waals surface area contributed by atoms with E-state index in [2.05, 4.69) is 22.1 Å². The molecule has 1 atom stereocenters. The predicted molar refractivity (Wildman–Crippen MR) is 106 cm³/mol. The zero-order valence-electron chi connectivity index (χ0n) is 16.5. The fraction of sp³-hybridized carbons (Fsp3) is 0.409. The summed E-state index contributed by atoms with van der Waals surface area (Å²) >= 11 is 0. The number of hydrogen-bond donors (Lipinski definition) is 0. The Bertz CT molecular complexity index is 975. The number of aromatic nitrogens is 2. The summed E-state index contributed by atoms with van der Waals surface area (Å²) < 4.78 is 10.6. The Balaban J connectivity index is 1.27. The van der Waals surface area contributed by atoms with Crippen molar-refractivity contribution in [2.24, 2.45) is 5.41 Å². The van der Waals surface area contributed by atoms with Crippen molar-refractivity contribution in [3.05, 3.63) is 60.3 Å². The van der Waals surface area contributed by atoms with Crippen LogP contribution in [-0.2, 0) is 0 Å². The van der Waals surface area contributed by atoms with Crippen LogP contribution in [-0.4, -0.2) is 52.5 Å². The number of hydrogen-bond acceptors (Lipinski definition) is 6. The van der Waals surface area contributed by atoms with Crippen molar-refractivity contribution in [1.82, 2.24) is 19.9 Å². The molecule has 7 nitrogen and oxygen atoms in total. The van der Waals surface area contributed by atoms with E-state index in [4.69, 9.17) is 8.94 Å². The van der Waals surface area contributed by atoms with Gasteiger partial charge in [-0.1, -0.05) is 23.4 Å². The predicted octanol–water partition coefficient (Wildman–Crippen LogP) is 3.63. The molecular weight excluding hydrogens is 368 g/mol. The highest BCUT2D eigenvalue weighted by Crippen LogP contribution is 2.48. The Morgan fingerprint density at radius 2 is 1.97 bits per heavy atom. The minimum Gasteiger partial charge on any atom is -0.472 e. The number of rotatable bonds is 3. The van der Waals surface area contributed by atoms with Gasteiger partial charge in [0.05, 0.1) is 17.9 Å². The molecule has 1 spiro atoms. The van der Waals surface area contributed by atoms with Crippen LogP contribution in [0.4, 0.5) is 0 Å². The number of carbonyl (C=O) groups excluding carboxylic acids is 1. The standard InChI is InChI=1S/C22H24N4O3/c1-25-15-22(8-10-26(11-9-22)21(27)17-7-12-28-14-17)13-18(25)19-23-20(29-24-19)16-5-3-2-4-6-16/h2-7,12,14,18H,8-11,13,15H2,1H3. The average Bonchev–Trinajstić information content (AvgIpc) is 3.50. The lowest BCUT2D eigenvalue weighted by atomic mass is 9.76. The van der Waals surface area contributed by atoms with E-state index in [-0.39, 0.29) is 17.4 Å². The second-order valence-electron chi connectivity index (χ2n) is 8.26. The largest absolute Gasteiger partial charge is 0.472 e. The van der Waals surface area contributed by atoms with E-state index in [0.717, 1.165) is 50.3 Å². The van der Waals surface area contributed by atoms with Crippen molar-refractivity contribution in [2.75, 3.05) is 26.7 Å². The lowest BCUT2D eigenvalue weighted by Crippen LogP contribution is -2.44. The summed E-state index contributed by atoms with van der Waals surface area (Å²) in [6, 6.07) is 11.7. The third-order valence-electron chi connectivity index (χ3n) is 6.38. The molecule has 2 aliphatic rings. The van der Waals surface area contributed by atoms with Gasteiger partial charge < -0.3 is 13.8 Å². The molecule has 1 aromatic carbocycles. The van der Waals surface area contributed by atoms with E-state index >= 15 is 0 Å². The first-order valence-corrected chi connectivity index (χ1v) is 10.0. The first kappa shape index (κ1) is 18.1. The van der Waals surface area contributed by atoms with Crippen molar-refractivity contribution in [3.8, 4) is 11.5 Å². The fourth-order valence-electron chi connectivity index (χ4n) is 4.74. The maximum Gasteiger partial charge on any atom is 0.257 e. The van der Waals surface area contributed by atoms with E-state index in [0.29, 0.717) is 11.5 Å². The molecule has 4 heterocycles. The van der Waals surface area contributed by atoms with E-state index in [9.17, 15) is 4.79 Å². The summed E-state index contributed by atoms with van der Waals surface area (Å²) in [6.45, 7) is 2.53. The van der Waals surface area contributed by atoms with Crippen LogP contribution in [0, 0.1) is 5.41 Å². The topological polar surface area (TPSA) is 75.6 Å². The number of carbonyl (C=O) groups is 1. The zero-order chi connectivity index (χ0) is 19.8. The summed E-state index contributed by atoms with van der Waals surface area (Å²) in [4.78, 5) is 21.5. The Hall–Kier alpha value is -2.93. The van der Waals surface area contributed by atoms with Crippen LogP contribution in [0.2, 0.25) is 0 Å². The molecule has 0 saturated carbocycles. The van der Waals surface area contributed by atoms with Gasteiger partial charge in [0.15, 0.2) is 5.82 Å². The van der Waals surface area contributed by atoms with Gasteiger partial charge in [-0.25, -0.2) is 0 Å². The molecule has 29 heavy (non-hydrogen) atoms. The van der Waals surface area contributed by atoms with Crippen molar-refractivity contribution < 1.29 is 13.7 Å². The molecule has 150 valence electrons. The highest BCUT2D eigenvalue weighted by molar-refractivity contribution is 5.93. The Labute approximate surface area is 169 Å². The lowest BCUT2D eigenvalue weighted by Gasteiger charge is -2.39. The number of amides is 1. The number of likely N-dealkylation sites (tertiary alicyclic amines) is 2. The quantitative estimate of drug-likeness (QED) is 0.678. The highest BCUT2D eigenvalue weighted by atomic mass is 16.5. The Morgan fingerprint density at radius 3 is 2.69 bits per heavy atom. The summed E-state index contributed by atoms with van der Waals surface area (Å²) in [6.07, 6.45) is 6.03. The lowest BCUT2D eigenvalue weighted by molar-refractivity contribution is 0.0592. The van der Waals surface area contributed by atoms with Gasteiger partial charge in [0, 0.05) is 25.2 Å². The van der Waals surface area contributed by atoms with Gasteiger partial charge in [0.25, 0.3) is 11.8 Å². The number of piperidine rings is 1. The molecule has 0 N–H and O–H groups in total. The summed E-state index contributed by atoms with van der Waals surface area (Å²) in [5, 5.41) is 4.28. The van der Waals surface area contributed by atoms with Crippen LogP contribution in [0.25, 0.3) is 11.5 Å². The van der Waals surface area contributed by atoms with Crippen LogP contribution in [0.5, 0.6) is 0 Å². The highest BCUT2D eigenvalue weighted by Gasteiger charge is 2.46. The van der Waals surface area contributed by atoms with Crippen LogP contribution >= 0.6 is 0 Å². The fourth-order valence-corrected chi connectivity index (χ4v) is 4.74. The number of benzene rings is 1. The van der Waals surface area contributed by atoms with Gasteiger partial charge in [-0.3, -0.25) is 9.69 Å². The molecule has 1 unspecified atom stereocenters. The third-order valence-corrected chi connectivity index (χ3v) is 6.38. The number of nitrogens with zero attached hydrogens (tertiary/aromatic N) is 4. The first-order valence-electron chi connectivity index (χ1n) is 10.0. The number of furan rings is 1. The second-order valence-corrected chi connectivity index (χ2v) is 8.26. The smallest absolute Gasteiger partial charge is 0.257 e. The van der Waals surface area contributed by atoms with Gasteiger partial charge in [-0.2, -0.15) is 4.98 Å². The summed E-state index contributed by atoms with van der Waals surface area (Å²) in [5.41, 5.74) is 1.76. The van der Waals surface area contributed by atoms with Crippen molar-refractivity contribution in [1.29, 1.82) is 0 Å². The van der Waals surface area contributed by atoms with Crippen molar-refractivity contribution >= 4 is 5.91 Å². The summed E-state index contributed by atoms with van der Waals surface area (Å²) in [5.74, 6) is 1.37. The molecule has 2 aliphatic heterocycles. The molecule has 2 fully saturated rings. The minimum atomic E-state index is 0.0576. The molecule has 0 aliphatic carbocycles. The van der Waals surface area contributed by atoms with Crippen molar-refractivity contribution in [3.63, 3.8) is 0 Å². The Kier molecular flexibility index (Phi) is 4.47. The van der Waals surface area contributed by atoms with E-state index in [1.807, 2.05) is 35.2 Å². The molecule has 7 heteroatoms. The SMILES string of the molecule is CN1CC2(CCN(C(=O)c3ccoc3)CC2)CC1c1noc(-c2ccccc2)n1. The molecule has 0 radical (unpaired) electrons. The van der Waals surface area contributed by atoms with Gasteiger partial charge in [0.2, 0.25) is 0 Å². The van der Waals surface area contributed by atoms with Crippen LogP contribution in [0.1, 0.15) is 41.5 Å². The van der Waals surface area contributed by atoms with Crippen LogP contribution in [0.15, 0.2) is 57.9 Å². The van der Waals surface area contributed by atoms with Crippen molar-refractivity contribution in [2.45, 2.75) is 25.3 Å². The summed E-state index contributed by atoms with van der Waals surface area (Å²) in [7, 11) is 2.13. The first-order chi connectivity index (χ1) is 14.1. The van der Waals surface area contributed by atoms with Gasteiger partial charge >= 0.3 is 0 Å². The second kappa shape index (κ2) is 7.15. The van der Waals surface area contributed by atoms with Crippen LogP contribution < -0.4 is 0 Å². The average molecular weight is 392 g/mol. The molecule has 5 rings (SSSR count).